The average molecular weight is 280 g/mol. The van der Waals surface area contributed by atoms with Crippen LogP contribution in [-0.2, 0) is 12.0 Å². The van der Waals surface area contributed by atoms with Crippen molar-refractivity contribution in [2.24, 2.45) is 0 Å². The maximum atomic E-state index is 12.1. The molecular weight excluding hydrogens is 262 g/mol. The summed E-state index contributed by atoms with van der Waals surface area (Å²) in [4.78, 5) is 12.1. The number of nitrogens with two attached hydrogens (primary N) is 1. The molecule has 0 bridgehead atoms. The Hall–Kier alpha value is -1.68. The zero-order valence-corrected chi connectivity index (χ0v) is 12.1. The molecule has 102 valence electrons. The summed E-state index contributed by atoms with van der Waals surface area (Å²) < 4.78 is 1.53. The van der Waals surface area contributed by atoms with Gasteiger partial charge in [-0.05, 0) is 17.7 Å². The number of hydrogen-bond acceptors (Lipinski definition) is 2. The Kier molecular flexibility index (Phi) is 3.45. The van der Waals surface area contributed by atoms with Crippen molar-refractivity contribution < 1.29 is 0 Å². The van der Waals surface area contributed by atoms with Crippen LogP contribution in [0.2, 0.25) is 5.02 Å². The predicted octanol–water partition coefficient (Wildman–Crippen LogP) is 2.76. The number of nitrogens with one attached hydrogen (secondary N) is 1. The largest absolute Gasteiger partial charge is 0.393 e. The molecule has 0 radical (unpaired) electrons. The summed E-state index contributed by atoms with van der Waals surface area (Å²) in [5.41, 5.74) is 7.57. The minimum atomic E-state index is -0.186. The predicted molar refractivity (Wildman–Crippen MR) is 78.7 cm³/mol. The van der Waals surface area contributed by atoms with Gasteiger partial charge in [-0.3, -0.25) is 9.89 Å². The summed E-state index contributed by atoms with van der Waals surface area (Å²) >= 11 is 5.84. The Labute approximate surface area is 117 Å². The van der Waals surface area contributed by atoms with Gasteiger partial charge in [-0.2, -0.15) is 0 Å². The molecule has 1 aromatic heterocycles. The van der Waals surface area contributed by atoms with Crippen molar-refractivity contribution in [2.45, 2.75) is 32.7 Å². The molecule has 0 aliphatic carbocycles. The van der Waals surface area contributed by atoms with Gasteiger partial charge in [-0.1, -0.05) is 44.5 Å². The molecule has 0 aliphatic rings. The van der Waals surface area contributed by atoms with E-state index < -0.39 is 0 Å². The summed E-state index contributed by atoms with van der Waals surface area (Å²) in [6, 6.07) is 7.39. The summed E-state index contributed by atoms with van der Waals surface area (Å²) in [5.74, 6) is 0. The maximum Gasteiger partial charge on any atom is 0.290 e. The lowest BCUT2D eigenvalue weighted by molar-refractivity contribution is 0.544. The Balaban J connectivity index is 2.37. The van der Waals surface area contributed by atoms with Crippen molar-refractivity contribution in [1.82, 2.24) is 9.78 Å². The van der Waals surface area contributed by atoms with Crippen LogP contribution in [0.1, 0.15) is 32.0 Å². The van der Waals surface area contributed by atoms with Gasteiger partial charge in [0.05, 0.1) is 12.2 Å². The molecule has 19 heavy (non-hydrogen) atoms. The first-order valence-corrected chi connectivity index (χ1v) is 6.50. The monoisotopic (exact) mass is 279 g/mol. The van der Waals surface area contributed by atoms with Gasteiger partial charge in [0.25, 0.3) is 5.56 Å². The van der Waals surface area contributed by atoms with E-state index in [2.05, 4.69) is 5.10 Å². The molecule has 0 amide bonds. The molecule has 2 aromatic rings. The third-order valence-corrected chi connectivity index (χ3v) is 3.25. The molecule has 0 fully saturated rings. The highest BCUT2D eigenvalue weighted by atomic mass is 35.5. The quantitative estimate of drug-likeness (QED) is 0.888. The Morgan fingerprint density at radius 3 is 2.32 bits per heavy atom. The topological polar surface area (TPSA) is 63.8 Å². The molecule has 0 aliphatic heterocycles. The van der Waals surface area contributed by atoms with Gasteiger partial charge in [0.15, 0.2) is 0 Å². The third kappa shape index (κ3) is 2.84. The second kappa shape index (κ2) is 4.78. The molecule has 0 saturated heterocycles. The van der Waals surface area contributed by atoms with Crippen LogP contribution in [-0.4, -0.2) is 9.78 Å². The number of halogens is 1. The number of H-pyrrole nitrogens is 1. The molecule has 0 atom stereocenters. The SMILES string of the molecule is CC(C)(C)c1[nH]n(Cc2ccc(Cl)cc2)c(=O)c1N. The van der Waals surface area contributed by atoms with Crippen molar-refractivity contribution in [3.05, 3.63) is 50.9 Å². The van der Waals surface area contributed by atoms with E-state index in [1.54, 1.807) is 12.1 Å². The lowest BCUT2D eigenvalue weighted by Crippen LogP contribution is -2.19. The van der Waals surface area contributed by atoms with Gasteiger partial charge >= 0.3 is 0 Å². The molecule has 5 heteroatoms. The second-order valence-corrected chi connectivity index (χ2v) is 6.10. The smallest absolute Gasteiger partial charge is 0.290 e. The van der Waals surface area contributed by atoms with Gasteiger partial charge < -0.3 is 5.73 Å². The number of anilines is 1. The molecule has 4 nitrogen and oxygen atoms in total. The Morgan fingerprint density at radius 1 is 1.26 bits per heavy atom. The standard InChI is InChI=1S/C14H18ClN3O/c1-14(2,3)12-11(16)13(19)18(17-12)8-9-4-6-10(15)7-5-9/h4-7,17H,8,16H2,1-3H3. The van der Waals surface area contributed by atoms with Gasteiger partial charge in [0.2, 0.25) is 0 Å². The van der Waals surface area contributed by atoms with E-state index in [0.29, 0.717) is 17.3 Å². The normalized spacial score (nSPS) is 11.8. The van der Waals surface area contributed by atoms with Crippen LogP contribution in [0.25, 0.3) is 0 Å². The maximum absolute atomic E-state index is 12.1. The molecule has 3 N–H and O–H groups in total. The first-order chi connectivity index (χ1) is 8.79. The fraction of sp³-hybridized carbons (Fsp3) is 0.357. The van der Waals surface area contributed by atoms with Crippen molar-refractivity contribution in [3.8, 4) is 0 Å². The van der Waals surface area contributed by atoms with Crippen LogP contribution >= 0.6 is 11.6 Å². The highest BCUT2D eigenvalue weighted by Gasteiger charge is 2.22. The van der Waals surface area contributed by atoms with Gasteiger partial charge in [0.1, 0.15) is 5.69 Å². The number of nitrogens with zero attached hydrogens (tertiary/aromatic N) is 1. The fourth-order valence-electron chi connectivity index (χ4n) is 1.95. The minimum absolute atomic E-state index is 0.181. The van der Waals surface area contributed by atoms with Crippen molar-refractivity contribution >= 4 is 17.3 Å². The molecule has 0 spiro atoms. The lowest BCUT2D eigenvalue weighted by atomic mass is 9.91. The number of aromatic amines is 1. The van der Waals surface area contributed by atoms with Crippen LogP contribution in [0.5, 0.6) is 0 Å². The van der Waals surface area contributed by atoms with Crippen molar-refractivity contribution in [1.29, 1.82) is 0 Å². The van der Waals surface area contributed by atoms with Crippen molar-refractivity contribution in [3.63, 3.8) is 0 Å². The van der Waals surface area contributed by atoms with E-state index in [-0.39, 0.29) is 11.0 Å². The second-order valence-electron chi connectivity index (χ2n) is 5.67. The highest BCUT2D eigenvalue weighted by molar-refractivity contribution is 6.30. The van der Waals surface area contributed by atoms with E-state index in [1.165, 1.54) is 4.68 Å². The third-order valence-electron chi connectivity index (χ3n) is 3.00. The Morgan fingerprint density at radius 2 is 1.84 bits per heavy atom. The Bertz CT molecular complexity index is 632. The first-order valence-electron chi connectivity index (χ1n) is 6.12. The highest BCUT2D eigenvalue weighted by Crippen LogP contribution is 2.23. The zero-order chi connectivity index (χ0) is 14.2. The number of benzene rings is 1. The van der Waals surface area contributed by atoms with E-state index in [9.17, 15) is 4.79 Å². The molecule has 1 heterocycles. The summed E-state index contributed by atoms with van der Waals surface area (Å²) in [5, 5.41) is 3.78. The van der Waals surface area contributed by atoms with Gasteiger partial charge in [-0.25, -0.2) is 4.68 Å². The first kappa shape index (κ1) is 13.7. The molecule has 0 saturated carbocycles. The van der Waals surface area contributed by atoms with E-state index in [0.717, 1.165) is 11.3 Å². The zero-order valence-electron chi connectivity index (χ0n) is 11.3. The van der Waals surface area contributed by atoms with Crippen LogP contribution in [0.15, 0.2) is 29.1 Å². The lowest BCUT2D eigenvalue weighted by Gasteiger charge is -2.16. The summed E-state index contributed by atoms with van der Waals surface area (Å²) in [6.45, 7) is 6.50. The van der Waals surface area contributed by atoms with E-state index in [4.69, 9.17) is 17.3 Å². The number of nitrogen functional groups attached to an aromatic ring is 1. The number of rotatable bonds is 2. The average Bonchev–Trinajstić information content (AvgIpc) is 2.60. The molecule has 1 aromatic carbocycles. The summed E-state index contributed by atoms with van der Waals surface area (Å²) in [7, 11) is 0. The van der Waals surface area contributed by atoms with E-state index in [1.807, 2.05) is 32.9 Å². The summed E-state index contributed by atoms with van der Waals surface area (Å²) in [6.07, 6.45) is 0. The molecule has 2 rings (SSSR count). The molecular formula is C14H18ClN3O. The van der Waals surface area contributed by atoms with Crippen LogP contribution in [0, 0.1) is 0 Å². The van der Waals surface area contributed by atoms with E-state index >= 15 is 0 Å². The van der Waals surface area contributed by atoms with Gasteiger partial charge in [0, 0.05) is 10.4 Å². The number of hydrogen-bond donors (Lipinski definition) is 2. The van der Waals surface area contributed by atoms with Crippen molar-refractivity contribution in [2.75, 3.05) is 5.73 Å². The molecule has 0 unspecified atom stereocenters. The van der Waals surface area contributed by atoms with Crippen LogP contribution < -0.4 is 11.3 Å². The minimum Gasteiger partial charge on any atom is -0.393 e. The van der Waals surface area contributed by atoms with Crippen LogP contribution in [0.3, 0.4) is 0 Å². The van der Waals surface area contributed by atoms with Crippen LogP contribution in [0.4, 0.5) is 5.69 Å². The van der Waals surface area contributed by atoms with Gasteiger partial charge in [-0.15, -0.1) is 0 Å². The fourth-order valence-corrected chi connectivity index (χ4v) is 2.08. The number of aromatic nitrogens is 2.